The van der Waals surface area contributed by atoms with Crippen molar-refractivity contribution in [2.24, 2.45) is 5.73 Å². The summed E-state index contributed by atoms with van der Waals surface area (Å²) in [6.07, 6.45) is 0.743. The Morgan fingerprint density at radius 2 is 1.69 bits per heavy atom. The molecule has 3 aromatic rings. The molecule has 0 bridgehead atoms. The summed E-state index contributed by atoms with van der Waals surface area (Å²) in [5.41, 5.74) is 8.07. The van der Waals surface area contributed by atoms with Crippen molar-refractivity contribution in [3.8, 4) is 11.5 Å². The first-order valence-electron chi connectivity index (χ1n) is 11.3. The highest BCUT2D eigenvalue weighted by Gasteiger charge is 2.37. The largest absolute Gasteiger partial charge is 0.493 e. The maximum Gasteiger partial charge on any atom is 0.239 e. The van der Waals surface area contributed by atoms with Crippen molar-refractivity contribution in [2.45, 2.75) is 31.3 Å². The van der Waals surface area contributed by atoms with Crippen LogP contribution in [0.15, 0.2) is 54.6 Å². The fourth-order valence-corrected chi connectivity index (χ4v) is 4.91. The lowest BCUT2D eigenvalue weighted by Gasteiger charge is -2.41. The smallest absolute Gasteiger partial charge is 0.239 e. The predicted octanol–water partition coefficient (Wildman–Crippen LogP) is 4.88. The summed E-state index contributed by atoms with van der Waals surface area (Å²) in [7, 11) is 3.07. The van der Waals surface area contributed by atoms with Gasteiger partial charge in [0.1, 0.15) is 11.9 Å². The van der Waals surface area contributed by atoms with Crippen molar-refractivity contribution in [1.82, 2.24) is 4.90 Å². The standard InChI is InChI=1S/C27H27F3N2O3/c1-34-23-14-17-12-13-32(26(27(31)33)16-6-4-3-5-7-16)22(19(17)15-24(23)35-2)11-8-18-20(28)9-10-21(29)25(18)30/h3-7,9-10,14-15,22,26H,8,11-13H2,1-2H3,(H2,31,33)/t22-,26?/m0/s1. The van der Waals surface area contributed by atoms with Gasteiger partial charge in [-0.15, -0.1) is 0 Å². The van der Waals surface area contributed by atoms with Crippen molar-refractivity contribution < 1.29 is 27.4 Å². The number of amides is 1. The molecule has 0 aliphatic carbocycles. The van der Waals surface area contributed by atoms with Crippen LogP contribution in [0.4, 0.5) is 13.2 Å². The van der Waals surface area contributed by atoms with E-state index < -0.39 is 35.4 Å². The number of fused-ring (bicyclic) bond motifs is 1. The Labute approximate surface area is 202 Å². The van der Waals surface area contributed by atoms with Crippen LogP contribution in [0.5, 0.6) is 11.5 Å². The molecule has 184 valence electrons. The van der Waals surface area contributed by atoms with E-state index in [1.54, 1.807) is 7.11 Å². The maximum atomic E-state index is 14.4. The Bertz CT molecular complexity index is 1220. The summed E-state index contributed by atoms with van der Waals surface area (Å²) in [6.45, 7) is 0.476. The molecule has 1 aliphatic rings. The minimum absolute atomic E-state index is 0.0787. The third-order valence-electron chi connectivity index (χ3n) is 6.57. The minimum atomic E-state index is -1.20. The molecule has 4 rings (SSSR count). The lowest BCUT2D eigenvalue weighted by atomic mass is 9.86. The van der Waals surface area contributed by atoms with Crippen LogP contribution in [0.2, 0.25) is 0 Å². The maximum absolute atomic E-state index is 14.4. The number of nitrogens with two attached hydrogens (primary N) is 1. The number of primary amides is 1. The van der Waals surface area contributed by atoms with Gasteiger partial charge in [-0.2, -0.15) is 0 Å². The monoisotopic (exact) mass is 484 g/mol. The number of hydrogen-bond acceptors (Lipinski definition) is 4. The van der Waals surface area contributed by atoms with E-state index in [-0.39, 0.29) is 18.4 Å². The van der Waals surface area contributed by atoms with E-state index in [1.807, 2.05) is 47.4 Å². The summed E-state index contributed by atoms with van der Waals surface area (Å²) in [4.78, 5) is 14.6. The van der Waals surface area contributed by atoms with E-state index >= 15 is 0 Å². The average Bonchev–Trinajstić information content (AvgIpc) is 2.86. The van der Waals surface area contributed by atoms with Crippen molar-refractivity contribution in [2.75, 3.05) is 20.8 Å². The Hall–Kier alpha value is -3.52. The van der Waals surface area contributed by atoms with Gasteiger partial charge in [-0.25, -0.2) is 13.2 Å². The molecule has 0 radical (unpaired) electrons. The highest BCUT2D eigenvalue weighted by Crippen LogP contribution is 2.43. The topological polar surface area (TPSA) is 64.8 Å². The number of benzene rings is 3. The van der Waals surface area contributed by atoms with Gasteiger partial charge >= 0.3 is 0 Å². The molecule has 1 aliphatic heterocycles. The van der Waals surface area contributed by atoms with E-state index in [1.165, 1.54) is 7.11 Å². The van der Waals surface area contributed by atoms with E-state index in [9.17, 15) is 18.0 Å². The summed E-state index contributed by atoms with van der Waals surface area (Å²) in [5.74, 6) is -2.59. The Morgan fingerprint density at radius 3 is 2.34 bits per heavy atom. The summed E-state index contributed by atoms with van der Waals surface area (Å²) >= 11 is 0. The number of methoxy groups -OCH3 is 2. The lowest BCUT2D eigenvalue weighted by molar-refractivity contribution is -0.124. The Kier molecular flexibility index (Phi) is 7.31. The first-order valence-corrected chi connectivity index (χ1v) is 11.3. The molecular formula is C27H27F3N2O3. The highest BCUT2D eigenvalue weighted by atomic mass is 19.2. The van der Waals surface area contributed by atoms with Crippen molar-refractivity contribution in [1.29, 1.82) is 0 Å². The second-order valence-corrected chi connectivity index (χ2v) is 8.49. The molecule has 2 N–H and O–H groups in total. The SMILES string of the molecule is COc1cc2c(cc1OC)[C@H](CCc1c(F)ccc(F)c1F)N(C(C(N)=O)c1ccccc1)CC2. The number of carbonyl (C=O) groups is 1. The minimum Gasteiger partial charge on any atom is -0.493 e. The number of rotatable bonds is 8. The second-order valence-electron chi connectivity index (χ2n) is 8.49. The van der Waals surface area contributed by atoms with E-state index in [4.69, 9.17) is 15.2 Å². The first-order chi connectivity index (χ1) is 16.8. The van der Waals surface area contributed by atoms with Crippen LogP contribution in [-0.4, -0.2) is 31.6 Å². The molecule has 0 saturated carbocycles. The second kappa shape index (κ2) is 10.4. The molecule has 1 heterocycles. The molecule has 2 atom stereocenters. The van der Waals surface area contributed by atoms with Crippen LogP contribution in [-0.2, 0) is 17.6 Å². The summed E-state index contributed by atoms with van der Waals surface area (Å²) in [6, 6.07) is 13.3. The number of carbonyl (C=O) groups excluding carboxylic acids is 1. The highest BCUT2D eigenvalue weighted by molar-refractivity contribution is 5.81. The van der Waals surface area contributed by atoms with Crippen LogP contribution >= 0.6 is 0 Å². The third kappa shape index (κ3) is 4.84. The quantitative estimate of drug-likeness (QED) is 0.463. The molecule has 5 nitrogen and oxygen atoms in total. The number of nitrogens with zero attached hydrogens (tertiary/aromatic N) is 1. The predicted molar refractivity (Wildman–Crippen MR) is 126 cm³/mol. The first kappa shape index (κ1) is 24.6. The Balaban J connectivity index is 1.79. The van der Waals surface area contributed by atoms with Gasteiger partial charge in [0, 0.05) is 18.2 Å². The van der Waals surface area contributed by atoms with E-state index in [0.717, 1.165) is 28.8 Å². The van der Waals surface area contributed by atoms with Gasteiger partial charge in [-0.05, 0) is 60.2 Å². The van der Waals surface area contributed by atoms with Gasteiger partial charge in [-0.3, -0.25) is 9.69 Å². The van der Waals surface area contributed by atoms with Crippen molar-refractivity contribution >= 4 is 5.91 Å². The molecular weight excluding hydrogens is 457 g/mol. The molecule has 1 amide bonds. The molecule has 1 unspecified atom stereocenters. The molecule has 0 saturated heterocycles. The van der Waals surface area contributed by atoms with Gasteiger partial charge in [0.2, 0.25) is 5.91 Å². The van der Waals surface area contributed by atoms with Gasteiger partial charge in [0.15, 0.2) is 23.1 Å². The van der Waals surface area contributed by atoms with Crippen molar-refractivity contribution in [3.05, 3.63) is 94.3 Å². The van der Waals surface area contributed by atoms with Gasteiger partial charge in [0.05, 0.1) is 14.2 Å². The molecule has 35 heavy (non-hydrogen) atoms. The van der Waals surface area contributed by atoms with Gasteiger partial charge < -0.3 is 15.2 Å². The molecule has 3 aromatic carbocycles. The molecule has 8 heteroatoms. The van der Waals surface area contributed by atoms with Crippen LogP contribution in [0.1, 0.15) is 40.8 Å². The lowest BCUT2D eigenvalue weighted by Crippen LogP contribution is -2.44. The number of hydrogen-bond donors (Lipinski definition) is 1. The average molecular weight is 485 g/mol. The summed E-state index contributed by atoms with van der Waals surface area (Å²) < 4.78 is 53.6. The molecule has 0 spiro atoms. The van der Waals surface area contributed by atoms with Crippen LogP contribution < -0.4 is 15.2 Å². The number of ether oxygens (including phenoxy) is 2. The van der Waals surface area contributed by atoms with Crippen LogP contribution in [0, 0.1) is 17.5 Å². The van der Waals surface area contributed by atoms with E-state index in [0.29, 0.717) is 24.5 Å². The zero-order chi connectivity index (χ0) is 25.1. The number of halogens is 3. The normalized spacial score (nSPS) is 16.4. The van der Waals surface area contributed by atoms with Gasteiger partial charge in [-0.1, -0.05) is 30.3 Å². The zero-order valence-corrected chi connectivity index (χ0v) is 19.6. The fraction of sp³-hybridized carbons (Fsp3) is 0.296. The van der Waals surface area contributed by atoms with Crippen LogP contribution in [0.3, 0.4) is 0 Å². The van der Waals surface area contributed by atoms with E-state index in [2.05, 4.69) is 0 Å². The fourth-order valence-electron chi connectivity index (χ4n) is 4.91. The Morgan fingerprint density at radius 1 is 1.03 bits per heavy atom. The third-order valence-corrected chi connectivity index (χ3v) is 6.57. The zero-order valence-electron chi connectivity index (χ0n) is 19.6. The molecule has 0 fully saturated rings. The molecule has 0 aromatic heterocycles. The summed E-state index contributed by atoms with van der Waals surface area (Å²) in [5, 5.41) is 0. The van der Waals surface area contributed by atoms with Crippen molar-refractivity contribution in [3.63, 3.8) is 0 Å². The van der Waals surface area contributed by atoms with Gasteiger partial charge in [0.25, 0.3) is 0 Å². The van der Waals surface area contributed by atoms with Crippen LogP contribution in [0.25, 0.3) is 0 Å².